The Bertz CT molecular complexity index is 668. The third-order valence-corrected chi connectivity index (χ3v) is 3.05. The molecule has 2 rings (SSSR count). The van der Waals surface area contributed by atoms with Crippen LogP contribution in [0.25, 0.3) is 0 Å². The maximum absolute atomic E-state index is 5.94. The van der Waals surface area contributed by atoms with Crippen molar-refractivity contribution in [3.63, 3.8) is 0 Å². The van der Waals surface area contributed by atoms with Gasteiger partial charge in [0.1, 0.15) is 12.4 Å². The fourth-order valence-corrected chi connectivity index (χ4v) is 2.03. The quantitative estimate of drug-likeness (QED) is 0.863. The van der Waals surface area contributed by atoms with Crippen LogP contribution in [-0.2, 0) is 6.61 Å². The summed E-state index contributed by atoms with van der Waals surface area (Å²) >= 11 is 5.94. The molecule has 0 radical (unpaired) electrons. The van der Waals surface area contributed by atoms with Gasteiger partial charge >= 0.3 is 0 Å². The Labute approximate surface area is 128 Å². The molecule has 0 fully saturated rings. The van der Waals surface area contributed by atoms with Crippen LogP contribution in [0, 0.1) is 0 Å². The van der Waals surface area contributed by atoms with E-state index in [-0.39, 0.29) is 0 Å². The Morgan fingerprint density at radius 3 is 2.95 bits per heavy atom. The van der Waals surface area contributed by atoms with Gasteiger partial charge < -0.3 is 10.5 Å². The minimum atomic E-state index is 0.376. The van der Waals surface area contributed by atoms with Gasteiger partial charge in [-0.15, -0.1) is 0 Å². The van der Waals surface area contributed by atoms with Gasteiger partial charge in [-0.1, -0.05) is 23.7 Å². The van der Waals surface area contributed by atoms with Crippen LogP contribution in [0.5, 0.6) is 5.75 Å². The van der Waals surface area contributed by atoms with Crippen LogP contribution >= 0.6 is 11.6 Å². The van der Waals surface area contributed by atoms with Crippen molar-refractivity contribution in [1.82, 2.24) is 4.98 Å². The lowest BCUT2D eigenvalue weighted by Gasteiger charge is -2.10. The molecule has 0 aliphatic carbocycles. The minimum absolute atomic E-state index is 0.376. The van der Waals surface area contributed by atoms with Crippen molar-refractivity contribution >= 4 is 17.3 Å². The van der Waals surface area contributed by atoms with Crippen LogP contribution in [0.4, 0.5) is 0 Å². The van der Waals surface area contributed by atoms with Crippen LogP contribution in [-0.4, -0.2) is 17.7 Å². The SMILES string of the molecule is CN=C(C=CN)c1ncccc1COc1cccc(Cl)c1. The standard InChI is InChI=1S/C16H16ClN3O/c1-19-15(7-8-18)16-12(4-3-9-20-16)11-21-14-6-2-5-13(17)10-14/h2-10H,11,18H2,1H3. The van der Waals surface area contributed by atoms with Crippen LogP contribution in [0.1, 0.15) is 11.3 Å². The first kappa shape index (κ1) is 15.1. The molecule has 0 aliphatic heterocycles. The predicted octanol–water partition coefficient (Wildman–Crippen LogP) is 3.21. The number of pyridine rings is 1. The molecule has 5 heteroatoms. The smallest absolute Gasteiger partial charge is 0.121 e. The van der Waals surface area contributed by atoms with Crippen molar-refractivity contribution in [3.05, 3.63) is 71.2 Å². The lowest BCUT2D eigenvalue weighted by atomic mass is 10.1. The summed E-state index contributed by atoms with van der Waals surface area (Å²) in [4.78, 5) is 8.54. The molecule has 0 saturated heterocycles. The van der Waals surface area contributed by atoms with Gasteiger partial charge in [0.05, 0.1) is 11.4 Å². The molecule has 108 valence electrons. The fraction of sp³-hybridized carbons (Fsp3) is 0.125. The molecular formula is C16H16ClN3O. The average molecular weight is 302 g/mol. The average Bonchev–Trinajstić information content (AvgIpc) is 2.51. The highest BCUT2D eigenvalue weighted by atomic mass is 35.5. The number of rotatable bonds is 5. The van der Waals surface area contributed by atoms with E-state index in [4.69, 9.17) is 22.1 Å². The topological polar surface area (TPSA) is 60.5 Å². The molecule has 4 nitrogen and oxygen atoms in total. The number of benzene rings is 1. The zero-order valence-electron chi connectivity index (χ0n) is 11.7. The molecule has 0 spiro atoms. The van der Waals surface area contributed by atoms with Gasteiger partial charge in [0.25, 0.3) is 0 Å². The molecule has 1 aromatic carbocycles. The lowest BCUT2D eigenvalue weighted by molar-refractivity contribution is 0.305. The molecule has 2 N–H and O–H groups in total. The summed E-state index contributed by atoms with van der Waals surface area (Å²) in [5, 5.41) is 0.640. The first-order chi connectivity index (χ1) is 10.2. The number of nitrogens with zero attached hydrogens (tertiary/aromatic N) is 2. The minimum Gasteiger partial charge on any atom is -0.489 e. The van der Waals surface area contributed by atoms with E-state index in [0.717, 1.165) is 11.3 Å². The number of hydrogen-bond donors (Lipinski definition) is 1. The fourth-order valence-electron chi connectivity index (χ4n) is 1.85. The van der Waals surface area contributed by atoms with E-state index in [2.05, 4.69) is 9.98 Å². The molecule has 2 aromatic rings. The Morgan fingerprint density at radius 2 is 2.24 bits per heavy atom. The molecule has 0 aliphatic rings. The highest BCUT2D eigenvalue weighted by Crippen LogP contribution is 2.19. The van der Waals surface area contributed by atoms with Crippen LogP contribution < -0.4 is 10.5 Å². The Balaban J connectivity index is 2.21. The molecule has 0 atom stereocenters. The summed E-state index contributed by atoms with van der Waals surface area (Å²) < 4.78 is 5.75. The third-order valence-electron chi connectivity index (χ3n) is 2.82. The zero-order valence-corrected chi connectivity index (χ0v) is 12.4. The number of ether oxygens (including phenoxy) is 1. The molecule has 1 aromatic heterocycles. The van der Waals surface area contributed by atoms with Crippen LogP contribution in [0.3, 0.4) is 0 Å². The maximum Gasteiger partial charge on any atom is 0.121 e. The van der Waals surface area contributed by atoms with E-state index >= 15 is 0 Å². The summed E-state index contributed by atoms with van der Waals surface area (Å²) in [6, 6.07) is 11.1. The van der Waals surface area contributed by atoms with E-state index in [1.165, 1.54) is 6.20 Å². The summed E-state index contributed by atoms with van der Waals surface area (Å²) in [6.45, 7) is 0.376. The van der Waals surface area contributed by atoms with Gasteiger partial charge in [0.15, 0.2) is 0 Å². The Kier molecular flexibility index (Phi) is 5.35. The number of hydrogen-bond acceptors (Lipinski definition) is 4. The number of halogens is 1. The molecule has 0 saturated carbocycles. The summed E-state index contributed by atoms with van der Waals surface area (Å²) in [5.41, 5.74) is 7.83. The van der Waals surface area contributed by atoms with Gasteiger partial charge in [-0.25, -0.2) is 0 Å². The molecular weight excluding hydrogens is 286 g/mol. The summed E-state index contributed by atoms with van der Waals surface area (Å²) in [7, 11) is 1.70. The van der Waals surface area contributed by atoms with Crippen molar-refractivity contribution in [3.8, 4) is 5.75 Å². The zero-order chi connectivity index (χ0) is 15.1. The molecule has 0 bridgehead atoms. The van der Waals surface area contributed by atoms with E-state index in [9.17, 15) is 0 Å². The number of aromatic nitrogens is 1. The monoisotopic (exact) mass is 301 g/mol. The molecule has 21 heavy (non-hydrogen) atoms. The second kappa shape index (κ2) is 7.45. The third kappa shape index (κ3) is 4.07. The van der Waals surface area contributed by atoms with E-state index in [1.54, 1.807) is 31.5 Å². The number of nitrogens with two attached hydrogens (primary N) is 1. The molecule has 0 unspecified atom stereocenters. The highest BCUT2D eigenvalue weighted by Gasteiger charge is 2.08. The van der Waals surface area contributed by atoms with E-state index in [1.807, 2.05) is 24.3 Å². The number of allylic oxidation sites excluding steroid dienone is 1. The van der Waals surface area contributed by atoms with Gasteiger partial charge in [0.2, 0.25) is 0 Å². The first-order valence-corrected chi connectivity index (χ1v) is 6.80. The van der Waals surface area contributed by atoms with E-state index < -0.39 is 0 Å². The maximum atomic E-state index is 5.94. The summed E-state index contributed by atoms with van der Waals surface area (Å²) in [5.74, 6) is 0.710. The van der Waals surface area contributed by atoms with Crippen molar-refractivity contribution in [2.24, 2.45) is 10.7 Å². The van der Waals surface area contributed by atoms with E-state index in [0.29, 0.717) is 23.1 Å². The second-order valence-corrected chi connectivity index (χ2v) is 4.66. The molecule has 0 amide bonds. The van der Waals surface area contributed by atoms with Crippen molar-refractivity contribution in [2.75, 3.05) is 7.05 Å². The van der Waals surface area contributed by atoms with Crippen molar-refractivity contribution < 1.29 is 4.74 Å². The summed E-state index contributed by atoms with van der Waals surface area (Å²) in [6.07, 6.45) is 4.87. The Hall–Kier alpha value is -2.33. The highest BCUT2D eigenvalue weighted by molar-refractivity contribution is 6.30. The Morgan fingerprint density at radius 1 is 1.38 bits per heavy atom. The van der Waals surface area contributed by atoms with Gasteiger partial charge in [-0.3, -0.25) is 9.98 Å². The second-order valence-electron chi connectivity index (χ2n) is 4.23. The van der Waals surface area contributed by atoms with Crippen LogP contribution in [0.15, 0.2) is 59.9 Å². The normalized spacial score (nSPS) is 11.8. The first-order valence-electron chi connectivity index (χ1n) is 6.42. The van der Waals surface area contributed by atoms with Gasteiger partial charge in [0, 0.05) is 23.8 Å². The predicted molar refractivity (Wildman–Crippen MR) is 85.8 cm³/mol. The van der Waals surface area contributed by atoms with Crippen molar-refractivity contribution in [2.45, 2.75) is 6.61 Å². The molecule has 1 heterocycles. The van der Waals surface area contributed by atoms with Gasteiger partial charge in [-0.05, 0) is 36.5 Å². The largest absolute Gasteiger partial charge is 0.489 e. The van der Waals surface area contributed by atoms with Gasteiger partial charge in [-0.2, -0.15) is 0 Å². The van der Waals surface area contributed by atoms with Crippen LogP contribution in [0.2, 0.25) is 5.02 Å². The van der Waals surface area contributed by atoms with Crippen molar-refractivity contribution in [1.29, 1.82) is 0 Å². The number of aliphatic imine (C=N–C) groups is 1. The lowest BCUT2D eigenvalue weighted by Crippen LogP contribution is -2.08.